The molecule has 0 aliphatic carbocycles. The van der Waals surface area contributed by atoms with E-state index in [1.165, 1.54) is 12.8 Å². The van der Waals surface area contributed by atoms with E-state index in [1.54, 1.807) is 0 Å². The average molecular weight is 315 g/mol. The molecule has 1 aromatic rings. The van der Waals surface area contributed by atoms with Gasteiger partial charge in [-0.2, -0.15) is 0 Å². The maximum Gasteiger partial charge on any atom is 0.415 e. The predicted molar refractivity (Wildman–Crippen MR) is 95.1 cm³/mol. The van der Waals surface area contributed by atoms with Crippen LogP contribution in [0.3, 0.4) is 0 Å². The van der Waals surface area contributed by atoms with Crippen molar-refractivity contribution in [3.05, 3.63) is 41.7 Å². The Labute approximate surface area is 140 Å². The number of carbonyl (C=O) groups is 1. The van der Waals surface area contributed by atoms with Gasteiger partial charge in [-0.3, -0.25) is 4.90 Å². The molecule has 1 amide bonds. The number of nitrogens with zero attached hydrogens (tertiary/aromatic N) is 1. The number of hydrogen-bond donors (Lipinski definition) is 0. The Balaban J connectivity index is 2.28. The van der Waals surface area contributed by atoms with Crippen molar-refractivity contribution < 1.29 is 9.53 Å². The van der Waals surface area contributed by atoms with Crippen LogP contribution >= 0.6 is 0 Å². The topological polar surface area (TPSA) is 29.5 Å². The maximum atomic E-state index is 12.4. The molecule has 126 valence electrons. The third kappa shape index (κ3) is 4.15. The smallest absolute Gasteiger partial charge is 0.412 e. The van der Waals surface area contributed by atoms with Crippen LogP contribution in [0.15, 0.2) is 36.1 Å². The van der Waals surface area contributed by atoms with Crippen molar-refractivity contribution in [2.24, 2.45) is 0 Å². The molecule has 0 saturated carbocycles. The molecular weight excluding hydrogens is 286 g/mol. The minimum absolute atomic E-state index is 0.195. The molecule has 0 bridgehead atoms. The Bertz CT molecular complexity index is 538. The number of amides is 1. The summed E-state index contributed by atoms with van der Waals surface area (Å²) in [5.41, 5.74) is 0.756. The zero-order valence-electron chi connectivity index (χ0n) is 14.7. The van der Waals surface area contributed by atoms with Gasteiger partial charge in [-0.05, 0) is 31.4 Å². The fraction of sp³-hybridized carbons (Fsp3) is 0.550. The van der Waals surface area contributed by atoms with E-state index in [4.69, 9.17) is 4.74 Å². The molecule has 0 radical (unpaired) electrons. The lowest BCUT2D eigenvalue weighted by Gasteiger charge is -2.32. The Morgan fingerprint density at radius 1 is 1.09 bits per heavy atom. The molecule has 1 heterocycles. The largest absolute Gasteiger partial charge is 0.415 e. The zero-order valence-corrected chi connectivity index (χ0v) is 14.7. The molecule has 1 fully saturated rings. The lowest BCUT2D eigenvalue weighted by atomic mass is 9.90. The Kier molecular flexibility index (Phi) is 6.26. The van der Waals surface area contributed by atoms with Crippen LogP contribution in [0.4, 0.5) is 4.79 Å². The highest BCUT2D eigenvalue weighted by atomic mass is 16.6. The lowest BCUT2D eigenvalue weighted by molar-refractivity contribution is 0.149. The van der Waals surface area contributed by atoms with E-state index < -0.39 is 0 Å². The second-order valence-corrected chi connectivity index (χ2v) is 6.52. The minimum Gasteiger partial charge on any atom is -0.412 e. The minimum atomic E-state index is -0.322. The molecule has 2 rings (SSSR count). The van der Waals surface area contributed by atoms with Crippen molar-refractivity contribution in [3.8, 4) is 0 Å². The molecule has 3 heteroatoms. The van der Waals surface area contributed by atoms with E-state index in [-0.39, 0.29) is 11.6 Å². The first-order valence-corrected chi connectivity index (χ1v) is 8.88. The Morgan fingerprint density at radius 3 is 2.43 bits per heavy atom. The Morgan fingerprint density at radius 2 is 1.78 bits per heavy atom. The quantitative estimate of drug-likeness (QED) is 0.583. The summed E-state index contributed by atoms with van der Waals surface area (Å²) in [6.45, 7) is 7.27. The van der Waals surface area contributed by atoms with E-state index in [2.05, 4.69) is 20.8 Å². The van der Waals surface area contributed by atoms with E-state index in [0.29, 0.717) is 0 Å². The van der Waals surface area contributed by atoms with Crippen LogP contribution in [-0.4, -0.2) is 23.1 Å². The zero-order chi connectivity index (χ0) is 16.7. The number of ether oxygens (including phenoxy) is 1. The van der Waals surface area contributed by atoms with Gasteiger partial charge < -0.3 is 4.74 Å². The molecule has 1 unspecified atom stereocenters. The van der Waals surface area contributed by atoms with Gasteiger partial charge in [0, 0.05) is 6.54 Å². The fourth-order valence-electron chi connectivity index (χ4n) is 3.11. The van der Waals surface area contributed by atoms with Gasteiger partial charge in [-0.25, -0.2) is 4.79 Å². The molecular formula is C20H29NO2. The number of unbranched alkanes of at least 4 members (excludes halogenated alkanes) is 3. The molecule has 1 aliphatic heterocycles. The predicted octanol–water partition coefficient (Wildman–Crippen LogP) is 5.62. The SMILES string of the molecule is CCCCCC1(C)/C(=C/c2ccccc2)OC(=O)N1CCCC. The molecule has 1 aliphatic rings. The standard InChI is InChI=1S/C20H29NO2/c1-4-6-11-14-20(3)18(16-17-12-9-8-10-13-17)23-19(22)21(20)15-7-5-2/h8-10,12-13,16H,4-7,11,14-15H2,1-3H3/b18-16-. The van der Waals surface area contributed by atoms with Gasteiger partial charge in [0.1, 0.15) is 11.3 Å². The second-order valence-electron chi connectivity index (χ2n) is 6.52. The van der Waals surface area contributed by atoms with Gasteiger partial charge in [-0.15, -0.1) is 0 Å². The van der Waals surface area contributed by atoms with Crippen LogP contribution in [0.25, 0.3) is 6.08 Å². The fourth-order valence-corrected chi connectivity index (χ4v) is 3.11. The highest BCUT2D eigenvalue weighted by Gasteiger charge is 2.47. The first-order valence-electron chi connectivity index (χ1n) is 8.88. The molecule has 1 aromatic carbocycles. The summed E-state index contributed by atoms with van der Waals surface area (Å²) >= 11 is 0. The molecule has 0 N–H and O–H groups in total. The summed E-state index contributed by atoms with van der Waals surface area (Å²) in [6, 6.07) is 10.1. The van der Waals surface area contributed by atoms with Gasteiger partial charge in [0.25, 0.3) is 0 Å². The van der Waals surface area contributed by atoms with Gasteiger partial charge in [0.15, 0.2) is 0 Å². The molecule has 1 saturated heterocycles. The summed E-state index contributed by atoms with van der Waals surface area (Å²) in [5, 5.41) is 0. The number of benzene rings is 1. The van der Waals surface area contributed by atoms with E-state index in [1.807, 2.05) is 41.3 Å². The van der Waals surface area contributed by atoms with E-state index in [0.717, 1.165) is 43.6 Å². The number of rotatable bonds is 8. The van der Waals surface area contributed by atoms with Crippen molar-refractivity contribution in [3.63, 3.8) is 0 Å². The summed E-state index contributed by atoms with van der Waals surface area (Å²) < 4.78 is 5.67. The number of hydrogen-bond acceptors (Lipinski definition) is 2. The van der Waals surface area contributed by atoms with Crippen LogP contribution in [0.2, 0.25) is 0 Å². The van der Waals surface area contributed by atoms with Crippen LogP contribution in [-0.2, 0) is 4.74 Å². The molecule has 1 atom stereocenters. The molecule has 23 heavy (non-hydrogen) atoms. The average Bonchev–Trinajstić information content (AvgIpc) is 2.77. The normalized spacial score (nSPS) is 22.7. The van der Waals surface area contributed by atoms with Gasteiger partial charge >= 0.3 is 6.09 Å². The van der Waals surface area contributed by atoms with Crippen LogP contribution in [0.1, 0.15) is 64.9 Å². The van der Waals surface area contributed by atoms with Gasteiger partial charge in [-0.1, -0.05) is 69.9 Å². The maximum absolute atomic E-state index is 12.4. The first kappa shape index (κ1) is 17.6. The lowest BCUT2D eigenvalue weighted by Crippen LogP contribution is -2.44. The summed E-state index contributed by atoms with van der Waals surface area (Å²) in [5.74, 6) is 0.793. The van der Waals surface area contributed by atoms with Crippen molar-refractivity contribution in [2.75, 3.05) is 6.54 Å². The second kappa shape index (κ2) is 8.19. The van der Waals surface area contributed by atoms with Gasteiger partial charge in [0.2, 0.25) is 0 Å². The van der Waals surface area contributed by atoms with Crippen LogP contribution in [0.5, 0.6) is 0 Å². The summed E-state index contributed by atoms with van der Waals surface area (Å²) in [6.07, 6.45) is 8.34. The molecule has 3 nitrogen and oxygen atoms in total. The number of carbonyl (C=O) groups excluding carboxylic acids is 1. The summed E-state index contributed by atoms with van der Waals surface area (Å²) in [4.78, 5) is 14.3. The van der Waals surface area contributed by atoms with Crippen LogP contribution < -0.4 is 0 Å². The molecule has 0 spiro atoms. The van der Waals surface area contributed by atoms with Crippen molar-refractivity contribution >= 4 is 12.2 Å². The molecule has 0 aromatic heterocycles. The van der Waals surface area contributed by atoms with Crippen molar-refractivity contribution in [2.45, 2.75) is 64.8 Å². The van der Waals surface area contributed by atoms with Crippen molar-refractivity contribution in [1.82, 2.24) is 4.90 Å². The third-order valence-electron chi connectivity index (χ3n) is 4.64. The van der Waals surface area contributed by atoms with Crippen LogP contribution in [0, 0.1) is 0 Å². The van der Waals surface area contributed by atoms with E-state index >= 15 is 0 Å². The van der Waals surface area contributed by atoms with E-state index in [9.17, 15) is 4.79 Å². The van der Waals surface area contributed by atoms with Crippen molar-refractivity contribution in [1.29, 1.82) is 0 Å². The monoisotopic (exact) mass is 315 g/mol. The third-order valence-corrected chi connectivity index (χ3v) is 4.64. The Hall–Kier alpha value is -1.77. The number of cyclic esters (lactones) is 1. The van der Waals surface area contributed by atoms with Gasteiger partial charge in [0.05, 0.1) is 0 Å². The highest BCUT2D eigenvalue weighted by Crippen LogP contribution is 2.39. The first-order chi connectivity index (χ1) is 11.1. The summed E-state index contributed by atoms with van der Waals surface area (Å²) in [7, 11) is 0. The highest BCUT2D eigenvalue weighted by molar-refractivity contribution is 5.77.